The molecule has 1 saturated heterocycles. The molecule has 1 atom stereocenters. The van der Waals surface area contributed by atoms with Crippen molar-refractivity contribution in [2.45, 2.75) is 51.2 Å². The highest BCUT2D eigenvalue weighted by molar-refractivity contribution is 7.13. The Morgan fingerprint density at radius 2 is 1.78 bits per heavy atom. The molecule has 63 heavy (non-hydrogen) atoms. The minimum absolute atomic E-state index is 0.0286. The van der Waals surface area contributed by atoms with Crippen LogP contribution in [0.1, 0.15) is 47.7 Å². The Hall–Kier alpha value is -5.93. The van der Waals surface area contributed by atoms with E-state index in [2.05, 4.69) is 26.9 Å². The molecule has 9 rings (SSSR count). The van der Waals surface area contributed by atoms with Crippen molar-refractivity contribution in [3.63, 3.8) is 0 Å². The number of hydrogen-bond acceptors (Lipinski definition) is 12. The highest BCUT2D eigenvalue weighted by Gasteiger charge is 2.31. The quantitative estimate of drug-likeness (QED) is 0.0993. The number of pyridine rings is 1. The highest BCUT2D eigenvalue weighted by atomic mass is 35.5. The van der Waals surface area contributed by atoms with E-state index in [1.54, 1.807) is 16.9 Å². The van der Waals surface area contributed by atoms with E-state index in [0.29, 0.717) is 40.2 Å². The molecule has 4 aromatic heterocycles. The number of ether oxygens (including phenoxy) is 3. The fourth-order valence-corrected chi connectivity index (χ4v) is 9.07. The second-order valence-corrected chi connectivity index (χ2v) is 17.5. The number of nitrogens with zero attached hydrogens (tertiary/aromatic N) is 8. The summed E-state index contributed by atoms with van der Waals surface area (Å²) in [6, 6.07) is 23.1. The summed E-state index contributed by atoms with van der Waals surface area (Å²) in [4.78, 5) is 32.1. The first-order chi connectivity index (χ1) is 30.7. The van der Waals surface area contributed by atoms with Gasteiger partial charge in [-0.25, -0.2) is 14.8 Å². The molecular formula is C48H49ClN8O5S. The van der Waals surface area contributed by atoms with Crippen LogP contribution < -0.4 is 14.2 Å². The van der Waals surface area contributed by atoms with Crippen molar-refractivity contribution < 1.29 is 24.1 Å². The smallest absolute Gasteiger partial charge is 0.345 e. The van der Waals surface area contributed by atoms with Gasteiger partial charge in [0.25, 0.3) is 0 Å². The number of aromatic nitrogens is 6. The number of fused-ring (bicyclic) bond motifs is 1. The Morgan fingerprint density at radius 1 is 0.952 bits per heavy atom. The molecule has 1 unspecified atom stereocenters. The van der Waals surface area contributed by atoms with E-state index in [1.807, 2.05) is 93.1 Å². The molecule has 0 amide bonds. The van der Waals surface area contributed by atoms with Gasteiger partial charge < -0.3 is 24.2 Å². The van der Waals surface area contributed by atoms with Gasteiger partial charge in [-0.15, -0.1) is 0 Å². The minimum Gasteiger partial charge on any atom is -0.491 e. The highest BCUT2D eigenvalue weighted by Crippen LogP contribution is 2.48. The zero-order valence-corrected chi connectivity index (χ0v) is 37.1. The first-order valence-corrected chi connectivity index (χ1v) is 22.5. The predicted molar refractivity (Wildman–Crippen MR) is 245 cm³/mol. The Kier molecular flexibility index (Phi) is 12.7. The standard InChI is InChI=1S/C48H49ClN8O5S/c1-30-36(14-15-39(44(30)49)60-25-24-57-22-20-55(2)21-23-57)42-43-41(28-51-45(42)31-9-6-10-31)63-54-47(43)62-40(48(58)59)27-33-8-4-5-13-38(33)61-29-35-16-18-50-46(52-35)34-12-7-11-32(26-34)37-17-19-56(3)53-37/h4-5,7-8,11-19,26,28,31,40H,6,9-10,20-25,27,29H2,1-3H3,(H,58,59). The van der Waals surface area contributed by atoms with Crippen molar-refractivity contribution >= 4 is 39.2 Å². The molecule has 5 heterocycles. The third kappa shape index (κ3) is 9.40. The third-order valence-corrected chi connectivity index (χ3v) is 13.2. The van der Waals surface area contributed by atoms with Gasteiger partial charge in [-0.2, -0.15) is 9.47 Å². The molecule has 3 aromatic carbocycles. The van der Waals surface area contributed by atoms with Gasteiger partial charge in [0.15, 0.2) is 5.82 Å². The molecule has 1 aliphatic carbocycles. The molecule has 1 saturated carbocycles. The number of aryl methyl sites for hydroxylation is 1. The maximum absolute atomic E-state index is 13.0. The van der Waals surface area contributed by atoms with Crippen molar-refractivity contribution in [1.29, 1.82) is 0 Å². The molecule has 15 heteroatoms. The van der Waals surface area contributed by atoms with Crippen LogP contribution >= 0.6 is 23.1 Å². The van der Waals surface area contributed by atoms with Gasteiger partial charge in [0.1, 0.15) is 24.7 Å². The largest absolute Gasteiger partial charge is 0.491 e. The summed E-state index contributed by atoms with van der Waals surface area (Å²) in [5.41, 5.74) is 7.60. The van der Waals surface area contributed by atoms with Gasteiger partial charge >= 0.3 is 5.97 Å². The summed E-state index contributed by atoms with van der Waals surface area (Å²) >= 11 is 8.32. The van der Waals surface area contributed by atoms with Crippen LogP contribution in [0, 0.1) is 6.92 Å². The van der Waals surface area contributed by atoms with Crippen LogP contribution in [0.3, 0.4) is 0 Å². The lowest BCUT2D eigenvalue weighted by molar-refractivity contribution is -0.145. The van der Waals surface area contributed by atoms with Crippen LogP contribution in [0.5, 0.6) is 17.4 Å². The number of halogens is 1. The van der Waals surface area contributed by atoms with Gasteiger partial charge in [-0.1, -0.05) is 60.5 Å². The average molecular weight is 885 g/mol. The van der Waals surface area contributed by atoms with E-state index >= 15 is 0 Å². The molecule has 2 aliphatic rings. The normalized spacial score (nSPS) is 15.3. The zero-order chi connectivity index (χ0) is 43.5. The summed E-state index contributed by atoms with van der Waals surface area (Å²) in [6.45, 7) is 7.64. The van der Waals surface area contributed by atoms with Crippen LogP contribution in [0.25, 0.3) is 43.9 Å². The molecule has 2 fully saturated rings. The number of likely N-dealkylation sites (N-methyl/N-ethyl adjacent to an activating group) is 1. The third-order valence-electron chi connectivity index (χ3n) is 12.0. The van der Waals surface area contributed by atoms with Crippen LogP contribution in [0.2, 0.25) is 5.02 Å². The second kappa shape index (κ2) is 18.8. The maximum atomic E-state index is 13.0. The van der Waals surface area contributed by atoms with E-state index in [1.165, 1.54) is 11.5 Å². The molecule has 0 spiro atoms. The number of benzene rings is 3. The average Bonchev–Trinajstić information content (AvgIpc) is 3.91. The topological polar surface area (TPSA) is 141 Å². The Bertz CT molecular complexity index is 2750. The molecule has 13 nitrogen and oxygen atoms in total. The number of para-hydroxylation sites is 1. The van der Waals surface area contributed by atoms with E-state index in [0.717, 1.165) is 101 Å². The molecule has 0 bridgehead atoms. The number of piperazine rings is 1. The Balaban J connectivity index is 0.946. The first-order valence-electron chi connectivity index (χ1n) is 21.3. The number of carbonyl (C=O) groups is 1. The number of rotatable bonds is 16. The van der Waals surface area contributed by atoms with Gasteiger partial charge in [-0.3, -0.25) is 14.6 Å². The molecule has 1 aliphatic heterocycles. The number of carboxylic acid groups (broad SMARTS) is 1. The first kappa shape index (κ1) is 42.4. The predicted octanol–water partition coefficient (Wildman–Crippen LogP) is 8.73. The Morgan fingerprint density at radius 3 is 2.56 bits per heavy atom. The fraction of sp³-hybridized carbons (Fsp3) is 0.333. The summed E-state index contributed by atoms with van der Waals surface area (Å²) in [5, 5.41) is 16.4. The molecular weight excluding hydrogens is 836 g/mol. The van der Waals surface area contributed by atoms with E-state index in [-0.39, 0.29) is 24.8 Å². The van der Waals surface area contributed by atoms with E-state index in [9.17, 15) is 9.90 Å². The number of aliphatic carboxylic acids is 1. The van der Waals surface area contributed by atoms with Crippen molar-refractivity contribution in [2.75, 3.05) is 46.4 Å². The van der Waals surface area contributed by atoms with Gasteiger partial charge in [0.05, 0.1) is 32.2 Å². The number of carboxylic acids is 1. The monoisotopic (exact) mass is 884 g/mol. The van der Waals surface area contributed by atoms with Crippen molar-refractivity contribution in [3.8, 4) is 51.2 Å². The van der Waals surface area contributed by atoms with Gasteiger partial charge in [-0.05, 0) is 85.4 Å². The fourth-order valence-electron chi connectivity index (χ4n) is 8.15. The van der Waals surface area contributed by atoms with Gasteiger partial charge in [0.2, 0.25) is 12.0 Å². The van der Waals surface area contributed by atoms with Gasteiger partial charge in [0, 0.05) is 87.4 Å². The van der Waals surface area contributed by atoms with E-state index in [4.69, 9.17) is 40.2 Å². The summed E-state index contributed by atoms with van der Waals surface area (Å²) in [6.07, 6.45) is 7.36. The molecule has 0 radical (unpaired) electrons. The van der Waals surface area contributed by atoms with Crippen LogP contribution in [0.15, 0.2) is 91.4 Å². The van der Waals surface area contributed by atoms with Crippen molar-refractivity contribution in [1.82, 2.24) is 38.9 Å². The summed E-state index contributed by atoms with van der Waals surface area (Å²) in [7, 11) is 4.04. The Labute approximate surface area is 375 Å². The second-order valence-electron chi connectivity index (χ2n) is 16.3. The summed E-state index contributed by atoms with van der Waals surface area (Å²) in [5.74, 6) is 1.12. The summed E-state index contributed by atoms with van der Waals surface area (Å²) < 4.78 is 26.3. The lowest BCUT2D eigenvalue weighted by Gasteiger charge is -2.32. The number of hydrogen-bond donors (Lipinski definition) is 1. The van der Waals surface area contributed by atoms with Crippen molar-refractivity contribution in [3.05, 3.63) is 119 Å². The lowest BCUT2D eigenvalue weighted by atomic mass is 9.79. The molecule has 1 N–H and O–H groups in total. The molecule has 7 aromatic rings. The SMILES string of the molecule is Cc1c(-c2c(C3CCC3)ncc3snc(OC(Cc4ccccc4OCc4ccnc(-c5cccc(-c6ccn(C)n6)c5)n4)C(=O)O)c23)ccc(OCCN2CCN(C)CC2)c1Cl. The lowest BCUT2D eigenvalue weighted by Crippen LogP contribution is -2.45. The maximum Gasteiger partial charge on any atom is 0.345 e. The van der Waals surface area contributed by atoms with Crippen LogP contribution in [-0.2, 0) is 24.9 Å². The van der Waals surface area contributed by atoms with E-state index < -0.39 is 12.1 Å². The minimum atomic E-state index is -1.27. The molecule has 324 valence electrons. The zero-order valence-electron chi connectivity index (χ0n) is 35.5. The van der Waals surface area contributed by atoms with Crippen molar-refractivity contribution in [2.24, 2.45) is 7.05 Å². The van der Waals surface area contributed by atoms with Crippen LogP contribution in [0.4, 0.5) is 0 Å². The van der Waals surface area contributed by atoms with Crippen LogP contribution in [-0.4, -0.2) is 102 Å².